The quantitative estimate of drug-likeness (QED) is 0.204. The van der Waals surface area contributed by atoms with E-state index in [1.807, 2.05) is 54.6 Å². The number of carbonyl (C=O) groups is 1. The molecule has 2 heterocycles. The van der Waals surface area contributed by atoms with Gasteiger partial charge in [-0.05, 0) is 52.2 Å². The molecule has 0 aliphatic carbocycles. The van der Waals surface area contributed by atoms with Gasteiger partial charge in [0.25, 0.3) is 0 Å². The lowest BCUT2D eigenvalue weighted by Gasteiger charge is -2.14. The smallest absolute Gasteiger partial charge is 0.419 e. The number of para-hydroxylation sites is 2. The van der Waals surface area contributed by atoms with E-state index in [1.54, 1.807) is 4.57 Å². The molecule has 9 rings (SSSR count). The molecule has 7 aromatic carbocycles. The number of ether oxygens (including phenoxy) is 1. The van der Waals surface area contributed by atoms with E-state index in [0.717, 1.165) is 60.6 Å². The number of aromatic nitrogens is 2. The van der Waals surface area contributed by atoms with Gasteiger partial charge < -0.3 is 9.30 Å². The number of benzene rings is 7. The summed E-state index contributed by atoms with van der Waals surface area (Å²) in [7, 11) is 0. The lowest BCUT2D eigenvalue weighted by Crippen LogP contribution is -2.13. The Morgan fingerprint density at radius 1 is 0.522 bits per heavy atom. The minimum Gasteiger partial charge on any atom is -0.444 e. The summed E-state index contributed by atoms with van der Waals surface area (Å²) in [5.74, 6) is 0. The maximum Gasteiger partial charge on any atom is 0.419 e. The van der Waals surface area contributed by atoms with Crippen molar-refractivity contribution in [2.24, 2.45) is 0 Å². The number of fused-ring (bicyclic) bond motifs is 8. The Kier molecular flexibility index (Phi) is 6.00. The molecule has 2 aromatic heterocycles. The Balaban J connectivity index is 1.38. The lowest BCUT2D eigenvalue weighted by atomic mass is 10.0. The van der Waals surface area contributed by atoms with E-state index < -0.39 is 6.09 Å². The van der Waals surface area contributed by atoms with E-state index in [4.69, 9.17) is 4.74 Å². The van der Waals surface area contributed by atoms with Crippen molar-refractivity contribution in [3.8, 4) is 16.8 Å². The number of nitrogens with zero attached hydrogens (tertiary/aromatic N) is 2. The van der Waals surface area contributed by atoms with Gasteiger partial charge in [0.2, 0.25) is 0 Å². The largest absolute Gasteiger partial charge is 0.444 e. The van der Waals surface area contributed by atoms with Gasteiger partial charge in [0, 0.05) is 27.1 Å². The second-order valence-electron chi connectivity index (χ2n) is 11.7. The first-order valence-electron chi connectivity index (χ1n) is 15.5. The fourth-order valence-corrected chi connectivity index (χ4v) is 7.02. The number of hydrogen-bond donors (Lipinski definition) is 0. The molecule has 0 aliphatic heterocycles. The first-order valence-corrected chi connectivity index (χ1v) is 15.5. The molecule has 0 aliphatic rings. The van der Waals surface area contributed by atoms with Crippen LogP contribution in [0.1, 0.15) is 5.56 Å². The molecular weight excluding hydrogens is 564 g/mol. The summed E-state index contributed by atoms with van der Waals surface area (Å²) in [6.07, 6.45) is -0.396. The van der Waals surface area contributed by atoms with Crippen LogP contribution in [0.15, 0.2) is 158 Å². The van der Waals surface area contributed by atoms with Crippen LogP contribution in [-0.4, -0.2) is 15.2 Å². The van der Waals surface area contributed by atoms with Crippen LogP contribution < -0.4 is 0 Å². The number of hydrogen-bond acceptors (Lipinski definition) is 2. The molecule has 0 amide bonds. The van der Waals surface area contributed by atoms with E-state index >= 15 is 0 Å². The van der Waals surface area contributed by atoms with Crippen molar-refractivity contribution >= 4 is 60.5 Å². The maximum absolute atomic E-state index is 13.9. The highest BCUT2D eigenvalue weighted by molar-refractivity contribution is 6.26. The fourth-order valence-electron chi connectivity index (χ4n) is 7.02. The molecule has 0 saturated carbocycles. The third kappa shape index (κ3) is 4.04. The number of rotatable bonds is 4. The van der Waals surface area contributed by atoms with Gasteiger partial charge in [-0.25, -0.2) is 9.36 Å². The molecule has 0 N–H and O–H groups in total. The zero-order chi connectivity index (χ0) is 30.6. The van der Waals surface area contributed by atoms with E-state index in [2.05, 4.69) is 108 Å². The number of carbonyl (C=O) groups excluding carboxylic acids is 1. The topological polar surface area (TPSA) is 36.2 Å². The predicted molar refractivity (Wildman–Crippen MR) is 189 cm³/mol. The third-order valence-electron chi connectivity index (χ3n) is 9.07. The molecule has 0 unspecified atom stereocenters. The molecule has 4 heteroatoms. The van der Waals surface area contributed by atoms with Crippen LogP contribution in [0.5, 0.6) is 0 Å². The highest BCUT2D eigenvalue weighted by Crippen LogP contribution is 2.42. The second-order valence-corrected chi connectivity index (χ2v) is 11.7. The van der Waals surface area contributed by atoms with Crippen molar-refractivity contribution in [1.82, 2.24) is 9.13 Å². The van der Waals surface area contributed by atoms with Gasteiger partial charge in [-0.2, -0.15) is 0 Å². The highest BCUT2D eigenvalue weighted by Gasteiger charge is 2.23. The van der Waals surface area contributed by atoms with Gasteiger partial charge in [0.1, 0.15) is 6.61 Å². The Bertz CT molecular complexity index is 2600. The van der Waals surface area contributed by atoms with Crippen molar-refractivity contribution in [3.05, 3.63) is 163 Å². The van der Waals surface area contributed by atoms with Crippen LogP contribution in [0.3, 0.4) is 0 Å². The van der Waals surface area contributed by atoms with Crippen molar-refractivity contribution in [1.29, 1.82) is 0 Å². The van der Waals surface area contributed by atoms with E-state index in [-0.39, 0.29) is 6.61 Å². The molecule has 0 radical (unpaired) electrons. The Morgan fingerprint density at radius 3 is 2.07 bits per heavy atom. The molecular formula is C42H28N2O2. The first kappa shape index (κ1) is 26.3. The summed E-state index contributed by atoms with van der Waals surface area (Å²) in [6, 6.07) is 54.4. The monoisotopic (exact) mass is 592 g/mol. The molecule has 0 saturated heterocycles. The van der Waals surface area contributed by atoms with Gasteiger partial charge in [0.05, 0.1) is 27.8 Å². The molecule has 0 spiro atoms. The van der Waals surface area contributed by atoms with Crippen molar-refractivity contribution in [2.75, 3.05) is 0 Å². The third-order valence-corrected chi connectivity index (χ3v) is 9.07. The Morgan fingerprint density at radius 2 is 1.22 bits per heavy atom. The Hall–Kier alpha value is -6.13. The van der Waals surface area contributed by atoms with E-state index in [1.165, 1.54) is 16.2 Å². The molecule has 0 bridgehead atoms. The van der Waals surface area contributed by atoms with Crippen LogP contribution in [0.4, 0.5) is 4.79 Å². The predicted octanol–water partition coefficient (Wildman–Crippen LogP) is 10.9. The summed E-state index contributed by atoms with van der Waals surface area (Å²) in [6.45, 7) is 0.201. The summed E-state index contributed by atoms with van der Waals surface area (Å²) in [5, 5.41) is 6.76. The standard InChI is InChI=1S/C42H28N2O2/c45-42(46-27-28-13-3-1-4-14-28)44-37-22-12-10-20-33(37)34-25-35-40(26-39(34)44)43(38-24-23-30-17-7-8-19-32(30)41(35)38)36-21-11-9-18-31(36)29-15-5-2-6-16-29/h1-26H,27H2. The van der Waals surface area contributed by atoms with Gasteiger partial charge in [-0.15, -0.1) is 0 Å². The summed E-state index contributed by atoms with van der Waals surface area (Å²) in [4.78, 5) is 13.9. The highest BCUT2D eigenvalue weighted by atomic mass is 16.5. The second kappa shape index (κ2) is 10.5. The molecule has 46 heavy (non-hydrogen) atoms. The normalized spacial score (nSPS) is 11.7. The lowest BCUT2D eigenvalue weighted by molar-refractivity contribution is 0.143. The SMILES string of the molecule is O=C(OCc1ccccc1)n1c2ccccc2c2cc3c4c5ccccc5ccc4n(-c4ccccc4-c4ccccc4)c3cc21. The summed E-state index contributed by atoms with van der Waals surface area (Å²) < 4.78 is 10.0. The van der Waals surface area contributed by atoms with Crippen molar-refractivity contribution < 1.29 is 9.53 Å². The van der Waals surface area contributed by atoms with Gasteiger partial charge in [0.15, 0.2) is 0 Å². The summed E-state index contributed by atoms with van der Waals surface area (Å²) >= 11 is 0. The average molecular weight is 593 g/mol. The van der Waals surface area contributed by atoms with E-state index in [9.17, 15) is 4.79 Å². The molecule has 9 aromatic rings. The van der Waals surface area contributed by atoms with Crippen LogP contribution in [-0.2, 0) is 11.3 Å². The van der Waals surface area contributed by atoms with Crippen LogP contribution in [0.2, 0.25) is 0 Å². The summed E-state index contributed by atoms with van der Waals surface area (Å²) in [5.41, 5.74) is 8.10. The Labute approximate surface area is 265 Å². The minimum absolute atomic E-state index is 0.201. The van der Waals surface area contributed by atoms with Crippen LogP contribution in [0, 0.1) is 0 Å². The fraction of sp³-hybridized carbons (Fsp3) is 0.0238. The zero-order valence-corrected chi connectivity index (χ0v) is 24.9. The molecule has 4 nitrogen and oxygen atoms in total. The zero-order valence-electron chi connectivity index (χ0n) is 24.9. The van der Waals surface area contributed by atoms with Gasteiger partial charge >= 0.3 is 6.09 Å². The van der Waals surface area contributed by atoms with Crippen molar-refractivity contribution in [2.45, 2.75) is 6.61 Å². The van der Waals surface area contributed by atoms with E-state index in [0.29, 0.717) is 0 Å². The average Bonchev–Trinajstić information content (AvgIpc) is 3.62. The van der Waals surface area contributed by atoms with Crippen LogP contribution >= 0.6 is 0 Å². The van der Waals surface area contributed by atoms with Crippen LogP contribution in [0.25, 0.3) is 71.2 Å². The molecule has 0 atom stereocenters. The van der Waals surface area contributed by atoms with Gasteiger partial charge in [-0.3, -0.25) is 0 Å². The van der Waals surface area contributed by atoms with Crippen molar-refractivity contribution in [3.63, 3.8) is 0 Å². The van der Waals surface area contributed by atoms with Gasteiger partial charge in [-0.1, -0.05) is 127 Å². The first-order chi connectivity index (χ1) is 22.8. The minimum atomic E-state index is -0.396. The molecule has 0 fully saturated rings. The maximum atomic E-state index is 13.9. The molecule has 218 valence electrons.